The van der Waals surface area contributed by atoms with Gasteiger partial charge in [-0.15, -0.1) is 0 Å². The molecule has 0 radical (unpaired) electrons. The number of ether oxygens (including phenoxy) is 2. The van der Waals surface area contributed by atoms with Gasteiger partial charge in [0, 0.05) is 18.1 Å². The van der Waals surface area contributed by atoms with Crippen LogP contribution in [0.2, 0.25) is 5.02 Å². The minimum atomic E-state index is -0.454. The number of piperidine rings is 1. The number of amides is 3. The van der Waals surface area contributed by atoms with E-state index in [9.17, 15) is 14.4 Å². The third-order valence-electron chi connectivity index (χ3n) is 5.72. The van der Waals surface area contributed by atoms with Gasteiger partial charge in [-0.1, -0.05) is 29.8 Å². The Morgan fingerprint density at radius 2 is 1.86 bits per heavy atom. The van der Waals surface area contributed by atoms with E-state index in [-0.39, 0.29) is 17.4 Å². The highest BCUT2D eigenvalue weighted by Gasteiger charge is 2.37. The van der Waals surface area contributed by atoms with Crippen LogP contribution in [0.4, 0.5) is 4.79 Å². The minimum absolute atomic E-state index is 0.187. The first-order valence-corrected chi connectivity index (χ1v) is 12.8. The molecular weight excluding hydrogens is 488 g/mol. The molecule has 2 aliphatic rings. The Bertz CT molecular complexity index is 1150. The zero-order chi connectivity index (χ0) is 24.8. The Morgan fingerprint density at radius 1 is 1.06 bits per heavy atom. The lowest BCUT2D eigenvalue weighted by Gasteiger charge is -2.27. The predicted octanol–water partition coefficient (Wildman–Crippen LogP) is 5.37. The highest BCUT2D eigenvalue weighted by atomic mass is 35.5. The van der Waals surface area contributed by atoms with Gasteiger partial charge >= 0.3 is 0 Å². The second kappa shape index (κ2) is 11.6. The van der Waals surface area contributed by atoms with E-state index in [0.717, 1.165) is 41.5 Å². The number of thioether (sulfide) groups is 1. The highest BCUT2D eigenvalue weighted by Crippen LogP contribution is 2.35. The smallest absolute Gasteiger partial charge is 0.294 e. The molecular formula is C26H27ClN2O5S. The van der Waals surface area contributed by atoms with Gasteiger partial charge in [-0.2, -0.15) is 0 Å². The molecule has 0 atom stereocenters. The summed E-state index contributed by atoms with van der Waals surface area (Å²) < 4.78 is 11.7. The fraction of sp³-hybridized carbons (Fsp3) is 0.346. The number of rotatable bonds is 8. The summed E-state index contributed by atoms with van der Waals surface area (Å²) in [6.07, 6.45) is 4.64. The van der Waals surface area contributed by atoms with Crippen LogP contribution in [0.3, 0.4) is 0 Å². The SMILES string of the molecule is CCOc1cc(/C=C2\SC(=O)N(CC(=O)N3CCCCC3)C2=O)ccc1OCc1cccc(Cl)c1. The zero-order valence-corrected chi connectivity index (χ0v) is 21.1. The van der Waals surface area contributed by atoms with Gasteiger partial charge in [-0.05, 0) is 79.4 Å². The molecule has 0 aliphatic carbocycles. The Morgan fingerprint density at radius 3 is 2.60 bits per heavy atom. The normalized spacial score (nSPS) is 17.3. The molecule has 0 N–H and O–H groups in total. The van der Waals surface area contributed by atoms with Crippen molar-refractivity contribution in [1.82, 2.24) is 9.80 Å². The van der Waals surface area contributed by atoms with E-state index in [1.54, 1.807) is 35.2 Å². The second-order valence-electron chi connectivity index (χ2n) is 8.27. The van der Waals surface area contributed by atoms with Crippen molar-refractivity contribution in [2.24, 2.45) is 0 Å². The fourth-order valence-electron chi connectivity index (χ4n) is 3.96. The van der Waals surface area contributed by atoms with Gasteiger partial charge in [-0.25, -0.2) is 0 Å². The quantitative estimate of drug-likeness (QED) is 0.441. The summed E-state index contributed by atoms with van der Waals surface area (Å²) in [6, 6.07) is 12.8. The molecule has 0 bridgehead atoms. The van der Waals surface area contributed by atoms with Crippen molar-refractivity contribution in [1.29, 1.82) is 0 Å². The molecule has 2 aliphatic heterocycles. The van der Waals surface area contributed by atoms with Crippen LogP contribution in [0.15, 0.2) is 47.4 Å². The summed E-state index contributed by atoms with van der Waals surface area (Å²) in [5.41, 5.74) is 1.62. The number of halogens is 1. The molecule has 3 amide bonds. The highest BCUT2D eigenvalue weighted by molar-refractivity contribution is 8.18. The maximum Gasteiger partial charge on any atom is 0.294 e. The van der Waals surface area contributed by atoms with Crippen molar-refractivity contribution >= 4 is 46.5 Å². The molecule has 9 heteroatoms. The maximum atomic E-state index is 12.9. The lowest BCUT2D eigenvalue weighted by atomic mass is 10.1. The van der Waals surface area contributed by atoms with E-state index in [0.29, 0.717) is 48.4 Å². The van der Waals surface area contributed by atoms with Crippen molar-refractivity contribution in [2.75, 3.05) is 26.2 Å². The monoisotopic (exact) mass is 514 g/mol. The van der Waals surface area contributed by atoms with Gasteiger partial charge in [0.05, 0.1) is 11.5 Å². The number of carbonyl (C=O) groups excluding carboxylic acids is 3. The number of imide groups is 1. The molecule has 2 saturated heterocycles. The third kappa shape index (κ3) is 6.38. The number of carbonyl (C=O) groups is 3. The van der Waals surface area contributed by atoms with Crippen LogP contribution in [0.1, 0.15) is 37.3 Å². The largest absolute Gasteiger partial charge is 0.490 e. The second-order valence-corrected chi connectivity index (χ2v) is 9.70. The van der Waals surface area contributed by atoms with Gasteiger partial charge in [0.25, 0.3) is 11.1 Å². The van der Waals surface area contributed by atoms with E-state index in [1.165, 1.54) is 0 Å². The molecule has 4 rings (SSSR count). The zero-order valence-electron chi connectivity index (χ0n) is 19.5. The molecule has 0 spiro atoms. The van der Waals surface area contributed by atoms with Gasteiger partial charge in [0.1, 0.15) is 13.2 Å². The predicted molar refractivity (Wildman–Crippen MR) is 137 cm³/mol. The Balaban J connectivity index is 1.46. The van der Waals surface area contributed by atoms with E-state index in [1.807, 2.05) is 25.1 Å². The lowest BCUT2D eigenvalue weighted by molar-refractivity contribution is -0.136. The van der Waals surface area contributed by atoms with Crippen LogP contribution >= 0.6 is 23.4 Å². The molecule has 0 saturated carbocycles. The summed E-state index contributed by atoms with van der Waals surface area (Å²) in [4.78, 5) is 40.9. The van der Waals surface area contributed by atoms with Crippen LogP contribution < -0.4 is 9.47 Å². The average Bonchev–Trinajstić information content (AvgIpc) is 3.11. The molecule has 2 aromatic rings. The first-order chi connectivity index (χ1) is 16.9. The van der Waals surface area contributed by atoms with Crippen LogP contribution in [-0.4, -0.2) is 53.1 Å². The van der Waals surface area contributed by atoms with E-state index in [4.69, 9.17) is 21.1 Å². The first-order valence-electron chi connectivity index (χ1n) is 11.6. The van der Waals surface area contributed by atoms with E-state index in [2.05, 4.69) is 0 Å². The molecule has 7 nitrogen and oxygen atoms in total. The van der Waals surface area contributed by atoms with Crippen molar-refractivity contribution < 1.29 is 23.9 Å². The number of likely N-dealkylation sites (tertiary alicyclic amines) is 1. The lowest BCUT2D eigenvalue weighted by Crippen LogP contribution is -2.44. The Labute approximate surface area is 214 Å². The van der Waals surface area contributed by atoms with Crippen LogP contribution in [0.5, 0.6) is 11.5 Å². The number of nitrogens with zero attached hydrogens (tertiary/aromatic N) is 2. The molecule has 0 unspecified atom stereocenters. The fourth-order valence-corrected chi connectivity index (χ4v) is 5.01. The van der Waals surface area contributed by atoms with Crippen LogP contribution in [0.25, 0.3) is 6.08 Å². The minimum Gasteiger partial charge on any atom is -0.490 e. The average molecular weight is 515 g/mol. The van der Waals surface area contributed by atoms with E-state index >= 15 is 0 Å². The Hall–Kier alpha value is -2.97. The summed E-state index contributed by atoms with van der Waals surface area (Å²) in [7, 11) is 0. The molecule has 0 aromatic heterocycles. The summed E-state index contributed by atoms with van der Waals surface area (Å²) in [5, 5.41) is 0.205. The molecule has 2 fully saturated rings. The molecule has 2 aromatic carbocycles. The maximum absolute atomic E-state index is 12.9. The molecule has 35 heavy (non-hydrogen) atoms. The summed E-state index contributed by atoms with van der Waals surface area (Å²) >= 11 is 6.89. The van der Waals surface area contributed by atoms with Crippen LogP contribution in [0, 0.1) is 0 Å². The van der Waals surface area contributed by atoms with E-state index < -0.39 is 11.1 Å². The molecule has 2 heterocycles. The Kier molecular flexibility index (Phi) is 8.36. The summed E-state index contributed by atoms with van der Waals surface area (Å²) in [5.74, 6) is 0.449. The number of benzene rings is 2. The summed E-state index contributed by atoms with van der Waals surface area (Å²) in [6.45, 7) is 3.77. The van der Waals surface area contributed by atoms with Crippen molar-refractivity contribution in [3.8, 4) is 11.5 Å². The van der Waals surface area contributed by atoms with Crippen molar-refractivity contribution in [2.45, 2.75) is 32.8 Å². The topological polar surface area (TPSA) is 76.2 Å². The van der Waals surface area contributed by atoms with Crippen molar-refractivity contribution in [3.63, 3.8) is 0 Å². The molecule has 184 valence electrons. The van der Waals surface area contributed by atoms with Gasteiger partial charge in [0.15, 0.2) is 11.5 Å². The standard InChI is InChI=1S/C26H27ClN2O5S/c1-2-33-22-14-18(9-10-21(22)34-17-19-7-6-8-20(27)13-19)15-23-25(31)29(26(32)35-23)16-24(30)28-11-4-3-5-12-28/h6-10,13-15H,2-5,11-12,16-17H2,1H3/b23-15-. The van der Waals surface area contributed by atoms with Crippen molar-refractivity contribution in [3.05, 3.63) is 63.5 Å². The van der Waals surface area contributed by atoms with Gasteiger partial charge < -0.3 is 14.4 Å². The number of hydrogen-bond acceptors (Lipinski definition) is 6. The third-order valence-corrected chi connectivity index (χ3v) is 6.87. The first kappa shape index (κ1) is 25.1. The van der Waals surface area contributed by atoms with Gasteiger partial charge in [-0.3, -0.25) is 19.3 Å². The van der Waals surface area contributed by atoms with Crippen LogP contribution in [-0.2, 0) is 16.2 Å². The van der Waals surface area contributed by atoms with Gasteiger partial charge in [0.2, 0.25) is 5.91 Å². The number of hydrogen-bond donors (Lipinski definition) is 0.